The number of rotatable bonds is 2. The van der Waals surface area contributed by atoms with Crippen LogP contribution >= 0.6 is 15.9 Å². The van der Waals surface area contributed by atoms with E-state index in [1.165, 1.54) is 0 Å². The van der Waals surface area contributed by atoms with Gasteiger partial charge in [0.15, 0.2) is 5.84 Å². The van der Waals surface area contributed by atoms with Gasteiger partial charge in [-0.15, -0.1) is 0 Å². The maximum Gasteiger partial charge on any atom is 0.171 e. The van der Waals surface area contributed by atoms with Crippen LogP contribution in [0.15, 0.2) is 33.9 Å². The molecule has 2 rings (SSSR count). The average Bonchev–Trinajstić information content (AvgIpc) is 2.67. The van der Waals surface area contributed by atoms with E-state index >= 15 is 0 Å². The van der Waals surface area contributed by atoms with Gasteiger partial charge in [0.1, 0.15) is 0 Å². The van der Waals surface area contributed by atoms with E-state index < -0.39 is 0 Å². The Morgan fingerprint density at radius 2 is 2.11 bits per heavy atom. The zero-order chi connectivity index (χ0) is 13.3. The molecule has 3 N–H and O–H groups in total. The first kappa shape index (κ1) is 12.6. The van der Waals surface area contributed by atoms with Crippen molar-refractivity contribution >= 4 is 21.8 Å². The van der Waals surface area contributed by atoms with Crippen LogP contribution in [0.25, 0.3) is 5.69 Å². The fourth-order valence-electron chi connectivity index (χ4n) is 1.79. The number of nitrogens with two attached hydrogens (primary N) is 1. The number of amidine groups is 1. The van der Waals surface area contributed by atoms with Crippen molar-refractivity contribution < 1.29 is 5.21 Å². The van der Waals surface area contributed by atoms with Gasteiger partial charge in [-0.05, 0) is 54.0 Å². The summed E-state index contributed by atoms with van der Waals surface area (Å²) in [7, 11) is 0. The predicted molar refractivity (Wildman–Crippen MR) is 73.2 cm³/mol. The fourth-order valence-corrected chi connectivity index (χ4v) is 2.36. The summed E-state index contributed by atoms with van der Waals surface area (Å²) < 4.78 is 2.60. The molecule has 2 aromatic rings. The van der Waals surface area contributed by atoms with Crippen LogP contribution < -0.4 is 5.73 Å². The molecule has 0 aliphatic carbocycles. The Morgan fingerprint density at radius 1 is 1.39 bits per heavy atom. The lowest BCUT2D eigenvalue weighted by Gasteiger charge is -2.08. The maximum absolute atomic E-state index is 8.67. The molecule has 0 atom stereocenters. The van der Waals surface area contributed by atoms with E-state index in [1.54, 1.807) is 6.07 Å². The van der Waals surface area contributed by atoms with Gasteiger partial charge in [-0.2, -0.15) is 5.10 Å². The first-order valence-electron chi connectivity index (χ1n) is 5.34. The lowest BCUT2D eigenvalue weighted by molar-refractivity contribution is 0.318. The van der Waals surface area contributed by atoms with Crippen molar-refractivity contribution in [2.75, 3.05) is 0 Å². The molecule has 94 valence electrons. The van der Waals surface area contributed by atoms with Crippen molar-refractivity contribution in [1.29, 1.82) is 0 Å². The van der Waals surface area contributed by atoms with Gasteiger partial charge in [0.2, 0.25) is 0 Å². The minimum absolute atomic E-state index is 0.0711. The Labute approximate surface area is 113 Å². The number of aryl methyl sites for hydroxylation is 2. The molecule has 0 fully saturated rings. The van der Waals surface area contributed by atoms with Crippen molar-refractivity contribution in [3.63, 3.8) is 0 Å². The largest absolute Gasteiger partial charge is 0.409 e. The number of benzene rings is 1. The normalized spacial score (nSPS) is 11.8. The van der Waals surface area contributed by atoms with Crippen LogP contribution in [0.4, 0.5) is 0 Å². The molecule has 6 heteroatoms. The van der Waals surface area contributed by atoms with Gasteiger partial charge in [-0.3, -0.25) is 0 Å². The minimum atomic E-state index is 0.0711. The molecule has 18 heavy (non-hydrogen) atoms. The van der Waals surface area contributed by atoms with E-state index in [-0.39, 0.29) is 5.84 Å². The third kappa shape index (κ3) is 2.24. The molecule has 0 radical (unpaired) electrons. The van der Waals surface area contributed by atoms with Crippen molar-refractivity contribution in [3.8, 4) is 5.69 Å². The van der Waals surface area contributed by atoms with Crippen LogP contribution in [0.2, 0.25) is 0 Å². The molecule has 0 unspecified atom stereocenters. The number of oxime groups is 1. The molecular weight excluding hydrogens is 296 g/mol. The SMILES string of the molecule is Cc1cc(C)n(-c2ccc(/C(N)=N/O)c(Br)c2)n1. The Kier molecular flexibility index (Phi) is 3.38. The van der Waals surface area contributed by atoms with Crippen molar-refractivity contribution in [2.24, 2.45) is 10.9 Å². The van der Waals surface area contributed by atoms with Crippen LogP contribution in [0.3, 0.4) is 0 Å². The summed E-state index contributed by atoms with van der Waals surface area (Å²) in [6.45, 7) is 3.94. The fraction of sp³-hybridized carbons (Fsp3) is 0.167. The van der Waals surface area contributed by atoms with E-state index in [0.29, 0.717) is 5.56 Å². The van der Waals surface area contributed by atoms with Gasteiger partial charge >= 0.3 is 0 Å². The molecule has 5 nitrogen and oxygen atoms in total. The van der Waals surface area contributed by atoms with Crippen molar-refractivity contribution in [3.05, 3.63) is 45.7 Å². The van der Waals surface area contributed by atoms with Gasteiger partial charge < -0.3 is 10.9 Å². The molecule has 1 heterocycles. The maximum atomic E-state index is 8.67. The zero-order valence-electron chi connectivity index (χ0n) is 10.1. The van der Waals surface area contributed by atoms with Gasteiger partial charge in [0, 0.05) is 15.7 Å². The molecule has 0 amide bonds. The second-order valence-electron chi connectivity index (χ2n) is 3.99. The Hall–Kier alpha value is -1.82. The molecule has 1 aromatic carbocycles. The summed E-state index contributed by atoms with van der Waals surface area (Å²) in [5.41, 5.74) is 9.14. The average molecular weight is 309 g/mol. The molecule has 1 aromatic heterocycles. The smallest absolute Gasteiger partial charge is 0.171 e. The van der Waals surface area contributed by atoms with Crippen molar-refractivity contribution in [1.82, 2.24) is 9.78 Å². The summed E-state index contributed by atoms with van der Waals surface area (Å²) in [6, 6.07) is 7.54. The lowest BCUT2D eigenvalue weighted by atomic mass is 10.2. The molecule has 0 bridgehead atoms. The second-order valence-corrected chi connectivity index (χ2v) is 4.84. The van der Waals surface area contributed by atoms with Gasteiger partial charge in [0.25, 0.3) is 0 Å². The summed E-state index contributed by atoms with van der Waals surface area (Å²) in [6.07, 6.45) is 0. The van der Waals surface area contributed by atoms with E-state index in [1.807, 2.05) is 36.7 Å². The molecular formula is C12H13BrN4O. The summed E-state index contributed by atoms with van der Waals surface area (Å²) in [5, 5.41) is 16.1. The van der Waals surface area contributed by atoms with Crippen molar-refractivity contribution in [2.45, 2.75) is 13.8 Å². The van der Waals surface area contributed by atoms with Gasteiger partial charge in [-0.25, -0.2) is 4.68 Å². The zero-order valence-corrected chi connectivity index (χ0v) is 11.6. The highest BCUT2D eigenvalue weighted by Gasteiger charge is 2.09. The Balaban J connectivity index is 2.50. The number of hydrogen-bond acceptors (Lipinski definition) is 3. The van der Waals surface area contributed by atoms with Gasteiger partial charge in [0.05, 0.1) is 11.4 Å². The highest BCUT2D eigenvalue weighted by atomic mass is 79.9. The molecule has 0 saturated heterocycles. The third-order valence-electron chi connectivity index (χ3n) is 2.59. The van der Waals surface area contributed by atoms with E-state index in [9.17, 15) is 0 Å². The van der Waals surface area contributed by atoms with E-state index in [2.05, 4.69) is 26.2 Å². The lowest BCUT2D eigenvalue weighted by Crippen LogP contribution is -2.14. The predicted octanol–water partition coefficient (Wildman–Crippen LogP) is 2.35. The molecule has 0 spiro atoms. The number of nitrogens with zero attached hydrogens (tertiary/aromatic N) is 3. The van der Waals surface area contributed by atoms with Crippen LogP contribution in [0.1, 0.15) is 17.0 Å². The highest BCUT2D eigenvalue weighted by Crippen LogP contribution is 2.21. The first-order chi connectivity index (χ1) is 8.52. The molecule has 0 aliphatic heterocycles. The quantitative estimate of drug-likeness (QED) is 0.387. The number of hydrogen-bond donors (Lipinski definition) is 2. The third-order valence-corrected chi connectivity index (χ3v) is 3.25. The van der Waals surface area contributed by atoms with Crippen LogP contribution in [0.5, 0.6) is 0 Å². The van der Waals surface area contributed by atoms with Crippen LogP contribution in [0, 0.1) is 13.8 Å². The second kappa shape index (κ2) is 4.81. The standard InChI is InChI=1S/C12H13BrN4O/c1-7-5-8(2)17(15-7)9-3-4-10(11(13)6-9)12(14)16-18/h3-6,18H,1-2H3,(H2,14,16). The van der Waals surface area contributed by atoms with Gasteiger partial charge in [-0.1, -0.05) is 5.16 Å². The summed E-state index contributed by atoms with van der Waals surface area (Å²) >= 11 is 3.40. The number of halogens is 1. The minimum Gasteiger partial charge on any atom is -0.409 e. The summed E-state index contributed by atoms with van der Waals surface area (Å²) in [4.78, 5) is 0. The van der Waals surface area contributed by atoms with Crippen LogP contribution in [-0.2, 0) is 0 Å². The number of aromatic nitrogens is 2. The molecule has 0 aliphatic rings. The molecule has 0 saturated carbocycles. The Morgan fingerprint density at radius 3 is 2.61 bits per heavy atom. The monoisotopic (exact) mass is 308 g/mol. The van der Waals surface area contributed by atoms with Crippen LogP contribution in [-0.4, -0.2) is 20.8 Å². The summed E-state index contributed by atoms with van der Waals surface area (Å²) in [5.74, 6) is 0.0711. The first-order valence-corrected chi connectivity index (χ1v) is 6.13. The van der Waals surface area contributed by atoms with E-state index in [0.717, 1.165) is 21.5 Å². The Bertz CT molecular complexity index is 619. The van der Waals surface area contributed by atoms with E-state index in [4.69, 9.17) is 10.9 Å². The highest BCUT2D eigenvalue weighted by molar-refractivity contribution is 9.10. The topological polar surface area (TPSA) is 76.4 Å².